The Balaban J connectivity index is 2.07. The van der Waals surface area contributed by atoms with Crippen molar-refractivity contribution >= 4 is 5.84 Å². The molecule has 1 atom stereocenters. The Morgan fingerprint density at radius 1 is 1.50 bits per heavy atom. The molecule has 1 heterocycles. The first kappa shape index (κ1) is 14.9. The van der Waals surface area contributed by atoms with Gasteiger partial charge in [-0.05, 0) is 42.5 Å². The zero-order chi connectivity index (χ0) is 14.7. The first-order chi connectivity index (χ1) is 9.51. The lowest BCUT2D eigenvalue weighted by Gasteiger charge is -2.18. The number of rotatable bonds is 5. The van der Waals surface area contributed by atoms with Gasteiger partial charge in [0.05, 0.1) is 12.7 Å². The molecule has 0 radical (unpaired) electrons. The third-order valence-corrected chi connectivity index (χ3v) is 4.21. The normalized spacial score (nSPS) is 19.5. The van der Waals surface area contributed by atoms with Gasteiger partial charge in [-0.2, -0.15) is 0 Å². The van der Waals surface area contributed by atoms with Gasteiger partial charge < -0.3 is 10.5 Å². The van der Waals surface area contributed by atoms with Crippen LogP contribution >= 0.6 is 0 Å². The van der Waals surface area contributed by atoms with E-state index in [1.54, 1.807) is 7.11 Å². The smallest absolute Gasteiger partial charge is 0.129 e. The fourth-order valence-electron chi connectivity index (χ4n) is 2.87. The fourth-order valence-corrected chi connectivity index (χ4v) is 2.87. The van der Waals surface area contributed by atoms with Gasteiger partial charge in [-0.3, -0.25) is 10.3 Å². The minimum absolute atomic E-state index is 0.0604. The second-order valence-corrected chi connectivity index (χ2v) is 5.98. The predicted octanol–water partition coefficient (Wildman–Crippen LogP) is 2.46. The second-order valence-electron chi connectivity index (χ2n) is 5.98. The number of nitrogen functional groups attached to an aromatic ring is 1. The molecule has 0 aromatic heterocycles. The topological polar surface area (TPSA) is 62.3 Å². The van der Waals surface area contributed by atoms with Gasteiger partial charge in [-0.1, -0.05) is 19.9 Å². The lowest BCUT2D eigenvalue weighted by atomic mass is 9.95. The van der Waals surface area contributed by atoms with Crippen molar-refractivity contribution in [3.63, 3.8) is 0 Å². The summed E-state index contributed by atoms with van der Waals surface area (Å²) in [6.45, 7) is 7.85. The third-order valence-electron chi connectivity index (χ3n) is 4.21. The molecule has 1 aromatic carbocycles. The number of nitrogens with two attached hydrogens (primary N) is 1. The van der Waals surface area contributed by atoms with Crippen LogP contribution in [0.2, 0.25) is 0 Å². The summed E-state index contributed by atoms with van der Waals surface area (Å²) in [5, 5.41) is 7.63. The van der Waals surface area contributed by atoms with Gasteiger partial charge in [-0.25, -0.2) is 0 Å². The number of likely N-dealkylation sites (tertiary alicyclic amines) is 1. The van der Waals surface area contributed by atoms with Crippen molar-refractivity contribution in [2.75, 3.05) is 20.2 Å². The standard InChI is InChI=1S/C16H25N3O/c1-11(2)13-6-7-19(10-13)9-12-4-5-15(20-3)14(8-12)16(17)18/h4-5,8,11,13H,6-7,9-10H2,1-3H3,(H3,17,18). The van der Waals surface area contributed by atoms with Crippen molar-refractivity contribution in [3.8, 4) is 5.75 Å². The van der Waals surface area contributed by atoms with Crippen LogP contribution in [0.25, 0.3) is 0 Å². The van der Waals surface area contributed by atoms with Crippen LogP contribution in [0, 0.1) is 17.2 Å². The maximum atomic E-state index is 7.63. The molecule has 1 saturated heterocycles. The highest BCUT2D eigenvalue weighted by Gasteiger charge is 2.24. The molecule has 110 valence electrons. The van der Waals surface area contributed by atoms with Crippen LogP contribution < -0.4 is 10.5 Å². The third kappa shape index (κ3) is 3.31. The highest BCUT2D eigenvalue weighted by atomic mass is 16.5. The number of ether oxygens (including phenoxy) is 1. The van der Waals surface area contributed by atoms with Crippen LogP contribution in [0.4, 0.5) is 0 Å². The Hall–Kier alpha value is -1.55. The summed E-state index contributed by atoms with van der Waals surface area (Å²) >= 11 is 0. The number of benzene rings is 1. The van der Waals surface area contributed by atoms with Crippen LogP contribution in [-0.2, 0) is 6.54 Å². The summed E-state index contributed by atoms with van der Waals surface area (Å²) in [6.07, 6.45) is 1.29. The largest absolute Gasteiger partial charge is 0.496 e. The summed E-state index contributed by atoms with van der Waals surface area (Å²) in [5.74, 6) is 2.29. The van der Waals surface area contributed by atoms with Crippen LogP contribution in [-0.4, -0.2) is 30.9 Å². The molecule has 1 fully saturated rings. The number of methoxy groups -OCH3 is 1. The first-order valence-corrected chi connectivity index (χ1v) is 7.25. The number of amidine groups is 1. The van der Waals surface area contributed by atoms with Crippen molar-refractivity contribution in [1.29, 1.82) is 5.41 Å². The Morgan fingerprint density at radius 2 is 2.25 bits per heavy atom. The fraction of sp³-hybridized carbons (Fsp3) is 0.562. The van der Waals surface area contributed by atoms with Crippen LogP contribution in [0.1, 0.15) is 31.4 Å². The maximum absolute atomic E-state index is 7.63. The molecular weight excluding hydrogens is 250 g/mol. The van der Waals surface area contributed by atoms with Crippen molar-refractivity contribution in [2.45, 2.75) is 26.8 Å². The lowest BCUT2D eigenvalue weighted by molar-refractivity contribution is 0.296. The Kier molecular flexibility index (Phi) is 4.65. The number of hydrogen-bond acceptors (Lipinski definition) is 3. The van der Waals surface area contributed by atoms with Gasteiger partial charge in [0.15, 0.2) is 0 Å². The van der Waals surface area contributed by atoms with Crippen molar-refractivity contribution in [1.82, 2.24) is 4.90 Å². The summed E-state index contributed by atoms with van der Waals surface area (Å²) in [6, 6.07) is 5.94. The van der Waals surface area contributed by atoms with Gasteiger partial charge >= 0.3 is 0 Å². The monoisotopic (exact) mass is 275 g/mol. The van der Waals surface area contributed by atoms with Gasteiger partial charge in [0, 0.05) is 13.1 Å². The van der Waals surface area contributed by atoms with E-state index in [1.807, 2.05) is 12.1 Å². The summed E-state index contributed by atoms with van der Waals surface area (Å²) < 4.78 is 5.25. The van der Waals surface area contributed by atoms with E-state index in [1.165, 1.54) is 18.5 Å². The van der Waals surface area contributed by atoms with Gasteiger partial charge in [0.1, 0.15) is 11.6 Å². The molecule has 1 aromatic rings. The number of nitrogens with zero attached hydrogens (tertiary/aromatic N) is 1. The summed E-state index contributed by atoms with van der Waals surface area (Å²) in [4.78, 5) is 2.48. The minimum atomic E-state index is 0.0604. The number of nitrogens with one attached hydrogen (secondary N) is 1. The molecular formula is C16H25N3O. The van der Waals surface area contributed by atoms with Crippen LogP contribution in [0.15, 0.2) is 18.2 Å². The Labute approximate surface area is 121 Å². The Bertz CT molecular complexity index is 485. The average Bonchev–Trinajstić information content (AvgIpc) is 2.87. The van der Waals surface area contributed by atoms with Crippen LogP contribution in [0.5, 0.6) is 5.75 Å². The predicted molar refractivity (Wildman–Crippen MR) is 82.2 cm³/mol. The Morgan fingerprint density at radius 3 is 2.80 bits per heavy atom. The zero-order valence-corrected chi connectivity index (χ0v) is 12.6. The molecule has 2 rings (SSSR count). The molecule has 20 heavy (non-hydrogen) atoms. The molecule has 0 bridgehead atoms. The molecule has 0 saturated carbocycles. The molecule has 1 aliphatic rings. The van der Waals surface area contributed by atoms with Crippen molar-refractivity contribution in [3.05, 3.63) is 29.3 Å². The molecule has 4 nitrogen and oxygen atoms in total. The summed E-state index contributed by atoms with van der Waals surface area (Å²) in [7, 11) is 1.61. The van der Waals surface area contributed by atoms with Gasteiger partial charge in [0.25, 0.3) is 0 Å². The molecule has 1 aliphatic heterocycles. The van der Waals surface area contributed by atoms with E-state index < -0.39 is 0 Å². The van der Waals surface area contributed by atoms with Gasteiger partial charge in [0.2, 0.25) is 0 Å². The second kappa shape index (κ2) is 6.27. The van der Waals surface area contributed by atoms with Crippen molar-refractivity contribution < 1.29 is 4.74 Å². The van der Waals surface area contributed by atoms with E-state index >= 15 is 0 Å². The van der Waals surface area contributed by atoms with Gasteiger partial charge in [-0.15, -0.1) is 0 Å². The molecule has 4 heteroatoms. The average molecular weight is 275 g/mol. The quantitative estimate of drug-likeness (QED) is 0.641. The highest BCUT2D eigenvalue weighted by molar-refractivity contribution is 5.97. The number of hydrogen-bond donors (Lipinski definition) is 2. The summed E-state index contributed by atoms with van der Waals surface area (Å²) in [5.41, 5.74) is 7.50. The van der Waals surface area contributed by atoms with E-state index in [0.29, 0.717) is 11.3 Å². The molecule has 1 unspecified atom stereocenters. The maximum Gasteiger partial charge on any atom is 0.129 e. The molecule has 3 N–H and O–H groups in total. The molecule has 0 spiro atoms. The molecule has 0 aliphatic carbocycles. The van der Waals surface area contributed by atoms with E-state index in [0.717, 1.165) is 24.9 Å². The highest BCUT2D eigenvalue weighted by Crippen LogP contribution is 2.26. The van der Waals surface area contributed by atoms with E-state index in [4.69, 9.17) is 15.9 Å². The molecule has 0 amide bonds. The zero-order valence-electron chi connectivity index (χ0n) is 12.6. The SMILES string of the molecule is COc1ccc(CN2CCC(C(C)C)C2)cc1C(=N)N. The first-order valence-electron chi connectivity index (χ1n) is 7.25. The minimum Gasteiger partial charge on any atom is -0.496 e. The van der Waals surface area contributed by atoms with E-state index in [-0.39, 0.29) is 5.84 Å². The van der Waals surface area contributed by atoms with E-state index in [9.17, 15) is 0 Å². The van der Waals surface area contributed by atoms with Crippen LogP contribution in [0.3, 0.4) is 0 Å². The lowest BCUT2D eigenvalue weighted by Crippen LogP contribution is -2.22. The van der Waals surface area contributed by atoms with Crippen molar-refractivity contribution in [2.24, 2.45) is 17.6 Å². The van der Waals surface area contributed by atoms with E-state index in [2.05, 4.69) is 24.8 Å².